The summed E-state index contributed by atoms with van der Waals surface area (Å²) < 4.78 is 17.7. The van der Waals surface area contributed by atoms with Crippen LogP contribution in [-0.4, -0.2) is 86.3 Å². The largest absolute Gasteiger partial charge is 0.367 e. The third-order valence-electron chi connectivity index (χ3n) is 7.77. The van der Waals surface area contributed by atoms with Crippen LogP contribution in [0, 0.1) is 5.41 Å². The highest BCUT2D eigenvalue weighted by Crippen LogP contribution is 2.26. The SMILES string of the molecule is CC=C(C=N)c1ccc2c(c1)c(C(N)=O)nn2CC(=O)N1C[C@H](F)C[C@H]1C(=O)NC1CCCN(c2cnn(C)c2)C1. The molecule has 41 heavy (non-hydrogen) atoms. The predicted molar refractivity (Wildman–Crippen MR) is 152 cm³/mol. The number of nitrogens with zero attached hydrogens (tertiary/aromatic N) is 6. The fourth-order valence-electron chi connectivity index (χ4n) is 5.72. The van der Waals surface area contributed by atoms with Crippen LogP contribution < -0.4 is 16.0 Å². The van der Waals surface area contributed by atoms with Crippen molar-refractivity contribution in [1.82, 2.24) is 29.8 Å². The van der Waals surface area contributed by atoms with Crippen molar-refractivity contribution in [1.29, 1.82) is 5.41 Å². The zero-order chi connectivity index (χ0) is 29.3. The van der Waals surface area contributed by atoms with Gasteiger partial charge in [-0.2, -0.15) is 10.2 Å². The molecule has 2 aliphatic heterocycles. The van der Waals surface area contributed by atoms with E-state index in [0.717, 1.165) is 25.1 Å². The zero-order valence-electron chi connectivity index (χ0n) is 23.1. The van der Waals surface area contributed by atoms with Gasteiger partial charge in [-0.25, -0.2) is 4.39 Å². The van der Waals surface area contributed by atoms with E-state index in [4.69, 9.17) is 11.1 Å². The van der Waals surface area contributed by atoms with Gasteiger partial charge in [0, 0.05) is 50.4 Å². The number of allylic oxidation sites excluding steroid dienone is 2. The van der Waals surface area contributed by atoms with Crippen molar-refractivity contribution in [2.45, 2.75) is 51.0 Å². The molecule has 0 radical (unpaired) electrons. The lowest BCUT2D eigenvalue weighted by Gasteiger charge is -2.35. The van der Waals surface area contributed by atoms with E-state index < -0.39 is 24.0 Å². The Balaban J connectivity index is 1.32. The first-order valence-corrected chi connectivity index (χ1v) is 13.6. The number of primary amides is 1. The average Bonchev–Trinajstić information content (AvgIpc) is 3.66. The van der Waals surface area contributed by atoms with Gasteiger partial charge in [-0.3, -0.25) is 23.7 Å². The first-order chi connectivity index (χ1) is 19.7. The summed E-state index contributed by atoms with van der Waals surface area (Å²) in [6.07, 6.45) is 6.93. The Hall–Kier alpha value is -4.55. The second-order valence-corrected chi connectivity index (χ2v) is 10.6. The minimum absolute atomic E-state index is 0.00960. The summed E-state index contributed by atoms with van der Waals surface area (Å²) in [6.45, 7) is 2.76. The second-order valence-electron chi connectivity index (χ2n) is 10.6. The Labute approximate surface area is 236 Å². The van der Waals surface area contributed by atoms with E-state index in [0.29, 0.717) is 28.6 Å². The summed E-state index contributed by atoms with van der Waals surface area (Å²) in [5, 5.41) is 19.6. The molecule has 0 spiro atoms. The molecule has 0 aliphatic carbocycles. The highest BCUT2D eigenvalue weighted by molar-refractivity contribution is 6.11. The number of hydrogen-bond donors (Lipinski definition) is 3. The van der Waals surface area contributed by atoms with Gasteiger partial charge in [-0.1, -0.05) is 12.1 Å². The Morgan fingerprint density at radius 3 is 2.76 bits per heavy atom. The Morgan fingerprint density at radius 1 is 1.27 bits per heavy atom. The van der Waals surface area contributed by atoms with E-state index in [9.17, 15) is 18.8 Å². The standard InChI is InChI=1S/C28H34FN9O3/c1-3-17(11-30)18-6-7-23-22(9-18)26(27(31)40)34-38(23)16-25(39)37-13-19(29)10-24(37)28(41)33-20-5-4-8-36(14-20)21-12-32-35(2)15-21/h3,6-7,9,11-12,15,19-20,24,30H,4-5,8,10,13-14,16H2,1-2H3,(H2,31,40)(H,33,41)/t19-,20?,24+/m1/s1. The molecule has 2 aromatic heterocycles. The molecule has 216 valence electrons. The highest BCUT2D eigenvalue weighted by Gasteiger charge is 2.41. The van der Waals surface area contributed by atoms with Crippen LogP contribution in [0.5, 0.6) is 0 Å². The Bertz CT molecular complexity index is 1530. The number of alkyl halides is 1. The van der Waals surface area contributed by atoms with E-state index in [1.165, 1.54) is 15.8 Å². The molecule has 0 bridgehead atoms. The van der Waals surface area contributed by atoms with Gasteiger partial charge in [0.1, 0.15) is 18.8 Å². The van der Waals surface area contributed by atoms with Gasteiger partial charge in [0.25, 0.3) is 5.91 Å². The van der Waals surface area contributed by atoms with Crippen molar-refractivity contribution in [3.8, 4) is 0 Å². The van der Waals surface area contributed by atoms with Crippen molar-refractivity contribution < 1.29 is 18.8 Å². The number of hydrogen-bond acceptors (Lipinski definition) is 7. The summed E-state index contributed by atoms with van der Waals surface area (Å²) >= 11 is 0. The number of rotatable bonds is 8. The Kier molecular flexibility index (Phi) is 7.86. The topological polar surface area (TPSA) is 155 Å². The first-order valence-electron chi connectivity index (χ1n) is 13.6. The molecule has 3 amide bonds. The van der Waals surface area contributed by atoms with Crippen molar-refractivity contribution in [3.63, 3.8) is 0 Å². The quantitative estimate of drug-likeness (QED) is 0.354. The van der Waals surface area contributed by atoms with Crippen molar-refractivity contribution >= 4 is 46.1 Å². The van der Waals surface area contributed by atoms with Crippen LogP contribution in [0.4, 0.5) is 10.1 Å². The molecule has 2 fully saturated rings. The van der Waals surface area contributed by atoms with Gasteiger partial charge in [0.05, 0.1) is 23.9 Å². The number of piperidine rings is 1. The summed E-state index contributed by atoms with van der Waals surface area (Å²) in [5.74, 6) is -1.62. The molecule has 12 nitrogen and oxygen atoms in total. The fraction of sp³-hybridized carbons (Fsp3) is 0.429. The van der Waals surface area contributed by atoms with Gasteiger partial charge in [-0.05, 0) is 43.0 Å². The average molecular weight is 564 g/mol. The maximum Gasteiger partial charge on any atom is 0.269 e. The number of likely N-dealkylation sites (tertiary alicyclic amines) is 1. The summed E-state index contributed by atoms with van der Waals surface area (Å²) in [7, 11) is 1.85. The van der Waals surface area contributed by atoms with E-state index in [1.54, 1.807) is 42.1 Å². The number of carbonyl (C=O) groups is 3. The number of nitrogens with two attached hydrogens (primary N) is 1. The summed E-state index contributed by atoms with van der Waals surface area (Å²) in [4.78, 5) is 42.3. The maximum atomic E-state index is 14.6. The monoisotopic (exact) mass is 563 g/mol. The van der Waals surface area contributed by atoms with Gasteiger partial charge < -0.3 is 26.3 Å². The molecule has 13 heteroatoms. The van der Waals surface area contributed by atoms with Crippen molar-refractivity contribution in [3.05, 3.63) is 47.9 Å². The lowest BCUT2D eigenvalue weighted by molar-refractivity contribution is -0.139. The van der Waals surface area contributed by atoms with Crippen LogP contribution in [-0.2, 0) is 23.2 Å². The molecule has 5 rings (SSSR count). The number of aryl methyl sites for hydroxylation is 1. The second kappa shape index (κ2) is 11.5. The number of carbonyl (C=O) groups excluding carboxylic acids is 3. The number of aromatic nitrogens is 4. The molecule has 3 atom stereocenters. The number of halogens is 1. The molecule has 4 heterocycles. The highest BCUT2D eigenvalue weighted by atomic mass is 19.1. The molecular weight excluding hydrogens is 529 g/mol. The number of amides is 3. The van der Waals surface area contributed by atoms with E-state index >= 15 is 0 Å². The van der Waals surface area contributed by atoms with Crippen LogP contribution in [0.1, 0.15) is 42.2 Å². The third kappa shape index (κ3) is 5.70. The van der Waals surface area contributed by atoms with Gasteiger partial charge in [0.2, 0.25) is 11.8 Å². The Morgan fingerprint density at radius 2 is 2.07 bits per heavy atom. The van der Waals surface area contributed by atoms with Gasteiger partial charge in [-0.15, -0.1) is 0 Å². The normalized spacial score (nSPS) is 21.3. The zero-order valence-corrected chi connectivity index (χ0v) is 23.1. The third-order valence-corrected chi connectivity index (χ3v) is 7.77. The number of fused-ring (bicyclic) bond motifs is 1. The molecule has 2 aliphatic rings. The molecule has 3 aromatic rings. The van der Waals surface area contributed by atoms with Crippen molar-refractivity contribution in [2.75, 3.05) is 24.5 Å². The molecule has 0 saturated carbocycles. The van der Waals surface area contributed by atoms with Crippen LogP contribution in [0.25, 0.3) is 16.5 Å². The van der Waals surface area contributed by atoms with Crippen LogP contribution in [0.15, 0.2) is 36.7 Å². The molecule has 1 aromatic carbocycles. The number of nitrogens with one attached hydrogen (secondary N) is 2. The summed E-state index contributed by atoms with van der Waals surface area (Å²) in [5.41, 5.74) is 8.37. The first kappa shape index (κ1) is 28.0. The minimum Gasteiger partial charge on any atom is -0.367 e. The smallest absolute Gasteiger partial charge is 0.269 e. The van der Waals surface area contributed by atoms with E-state index in [2.05, 4.69) is 20.4 Å². The lowest BCUT2D eigenvalue weighted by atomic mass is 10.0. The maximum absolute atomic E-state index is 14.6. The molecule has 2 saturated heterocycles. The van der Waals surface area contributed by atoms with Crippen LogP contribution >= 0.6 is 0 Å². The van der Waals surface area contributed by atoms with Crippen molar-refractivity contribution in [2.24, 2.45) is 12.8 Å². The summed E-state index contributed by atoms with van der Waals surface area (Å²) in [6, 6.07) is 4.08. The molecule has 4 N–H and O–H groups in total. The molecule has 1 unspecified atom stereocenters. The lowest BCUT2D eigenvalue weighted by Crippen LogP contribution is -2.53. The van der Waals surface area contributed by atoms with E-state index in [1.807, 2.05) is 13.2 Å². The molecular formula is C28H34FN9O3. The fourth-order valence-corrected chi connectivity index (χ4v) is 5.72. The van der Waals surface area contributed by atoms with Gasteiger partial charge in [0.15, 0.2) is 5.69 Å². The minimum atomic E-state index is -1.33. The predicted octanol–water partition coefficient (Wildman–Crippen LogP) is 1.65. The van der Waals surface area contributed by atoms with Crippen LogP contribution in [0.3, 0.4) is 0 Å². The number of benzene rings is 1. The van der Waals surface area contributed by atoms with Crippen LogP contribution in [0.2, 0.25) is 0 Å². The van der Waals surface area contributed by atoms with Gasteiger partial charge >= 0.3 is 0 Å². The number of anilines is 1. The van der Waals surface area contributed by atoms with E-state index in [-0.39, 0.29) is 37.2 Å².